The molecule has 2 aromatic rings. The Morgan fingerprint density at radius 2 is 1.26 bits per heavy atom. The Morgan fingerprint density at radius 1 is 0.842 bits per heavy atom. The van der Waals surface area contributed by atoms with Gasteiger partial charge in [-0.25, -0.2) is 12.7 Å². The molecule has 0 bridgehead atoms. The highest BCUT2D eigenvalue weighted by Crippen LogP contribution is 2.23. The van der Waals surface area contributed by atoms with Gasteiger partial charge in [0.15, 0.2) is 0 Å². The summed E-state index contributed by atoms with van der Waals surface area (Å²) in [5.41, 5.74) is 8.30. The molecule has 2 aromatic carbocycles. The molecule has 5 heteroatoms. The number of nitrogens with zero attached hydrogens (tertiary/aromatic N) is 1. The predicted molar refractivity (Wildman–Crippen MR) is 77.2 cm³/mol. The van der Waals surface area contributed by atoms with E-state index in [0.29, 0.717) is 5.69 Å². The van der Waals surface area contributed by atoms with Gasteiger partial charge in [0.2, 0.25) is 10.0 Å². The molecule has 0 saturated carbocycles. The van der Waals surface area contributed by atoms with Crippen LogP contribution < -0.4 is 5.73 Å². The highest BCUT2D eigenvalue weighted by molar-refractivity contribution is 7.89. The molecule has 0 spiro atoms. The zero-order valence-electron chi connectivity index (χ0n) is 10.9. The smallest absolute Gasteiger partial charge is 0.242 e. The molecule has 2 N–H and O–H groups in total. The van der Waals surface area contributed by atoms with E-state index in [4.69, 9.17) is 5.73 Å². The second-order valence-corrected chi connectivity index (χ2v) is 6.59. The molecule has 2 rings (SSSR count). The van der Waals surface area contributed by atoms with Gasteiger partial charge in [0.1, 0.15) is 0 Å². The van der Waals surface area contributed by atoms with Crippen LogP contribution in [0, 0.1) is 0 Å². The van der Waals surface area contributed by atoms with Gasteiger partial charge in [0, 0.05) is 19.8 Å². The molecule has 0 aromatic heterocycles. The van der Waals surface area contributed by atoms with Crippen LogP contribution in [-0.4, -0.2) is 26.8 Å². The SMILES string of the molecule is CN(C)S(=O)(=O)c1ccc(-c2ccc(N)cc2)cc1. The Labute approximate surface area is 113 Å². The van der Waals surface area contributed by atoms with E-state index >= 15 is 0 Å². The first-order valence-electron chi connectivity index (χ1n) is 5.80. The summed E-state index contributed by atoms with van der Waals surface area (Å²) >= 11 is 0. The molecule has 100 valence electrons. The van der Waals surface area contributed by atoms with Crippen LogP contribution >= 0.6 is 0 Å². The predicted octanol–water partition coefficient (Wildman–Crippen LogP) is 2.19. The van der Waals surface area contributed by atoms with Gasteiger partial charge in [-0.15, -0.1) is 0 Å². The number of benzene rings is 2. The minimum atomic E-state index is -3.37. The Kier molecular flexibility index (Phi) is 3.59. The second-order valence-electron chi connectivity index (χ2n) is 4.43. The van der Waals surface area contributed by atoms with Crippen molar-refractivity contribution in [2.75, 3.05) is 19.8 Å². The van der Waals surface area contributed by atoms with E-state index in [-0.39, 0.29) is 4.90 Å². The normalized spacial score (nSPS) is 11.7. The Bertz CT molecular complexity index is 660. The molecule has 0 fully saturated rings. The lowest BCUT2D eigenvalue weighted by atomic mass is 10.1. The fraction of sp³-hybridized carbons (Fsp3) is 0.143. The first-order chi connectivity index (χ1) is 8.91. The molecule has 0 radical (unpaired) electrons. The fourth-order valence-electron chi connectivity index (χ4n) is 1.71. The zero-order valence-corrected chi connectivity index (χ0v) is 11.7. The number of nitrogen functional groups attached to an aromatic ring is 1. The summed E-state index contributed by atoms with van der Waals surface area (Å²) in [5, 5.41) is 0. The number of nitrogens with two attached hydrogens (primary N) is 1. The van der Waals surface area contributed by atoms with E-state index < -0.39 is 10.0 Å². The molecule has 0 aliphatic carbocycles. The molecular weight excluding hydrogens is 260 g/mol. The van der Waals surface area contributed by atoms with Crippen molar-refractivity contribution in [3.8, 4) is 11.1 Å². The van der Waals surface area contributed by atoms with Crippen LogP contribution in [0.15, 0.2) is 53.4 Å². The van der Waals surface area contributed by atoms with Crippen LogP contribution in [0.25, 0.3) is 11.1 Å². The van der Waals surface area contributed by atoms with Crippen molar-refractivity contribution in [1.29, 1.82) is 0 Å². The topological polar surface area (TPSA) is 63.4 Å². The molecular formula is C14H16N2O2S. The van der Waals surface area contributed by atoms with Gasteiger partial charge in [-0.05, 0) is 35.4 Å². The lowest BCUT2D eigenvalue weighted by Gasteiger charge is -2.11. The van der Waals surface area contributed by atoms with Crippen LogP contribution in [0.5, 0.6) is 0 Å². The summed E-state index contributed by atoms with van der Waals surface area (Å²) in [5.74, 6) is 0. The summed E-state index contributed by atoms with van der Waals surface area (Å²) in [6, 6.07) is 14.3. The van der Waals surface area contributed by atoms with Crippen molar-refractivity contribution in [1.82, 2.24) is 4.31 Å². The Balaban J connectivity index is 2.36. The quantitative estimate of drug-likeness (QED) is 0.874. The molecule has 0 aliphatic rings. The van der Waals surface area contributed by atoms with Gasteiger partial charge < -0.3 is 5.73 Å². The highest BCUT2D eigenvalue weighted by atomic mass is 32.2. The molecule has 0 unspecified atom stereocenters. The van der Waals surface area contributed by atoms with E-state index in [0.717, 1.165) is 11.1 Å². The summed E-state index contributed by atoms with van der Waals surface area (Å²) in [7, 11) is -0.335. The molecule has 19 heavy (non-hydrogen) atoms. The van der Waals surface area contributed by atoms with Crippen LogP contribution in [0.3, 0.4) is 0 Å². The van der Waals surface area contributed by atoms with Crippen molar-refractivity contribution in [3.63, 3.8) is 0 Å². The Morgan fingerprint density at radius 3 is 1.68 bits per heavy atom. The number of hydrogen-bond donors (Lipinski definition) is 1. The van der Waals surface area contributed by atoms with Gasteiger partial charge in [0.25, 0.3) is 0 Å². The Hall–Kier alpha value is -1.85. The van der Waals surface area contributed by atoms with Crippen LogP contribution in [0.4, 0.5) is 5.69 Å². The van der Waals surface area contributed by atoms with Gasteiger partial charge in [-0.2, -0.15) is 0 Å². The summed E-state index contributed by atoms with van der Waals surface area (Å²) < 4.78 is 25.1. The van der Waals surface area contributed by atoms with Gasteiger partial charge in [-0.1, -0.05) is 24.3 Å². The lowest BCUT2D eigenvalue weighted by Crippen LogP contribution is -2.22. The number of sulfonamides is 1. The molecule has 0 atom stereocenters. The number of rotatable bonds is 3. The third-order valence-electron chi connectivity index (χ3n) is 2.88. The molecule has 0 heterocycles. The second kappa shape index (κ2) is 5.03. The van der Waals surface area contributed by atoms with Gasteiger partial charge in [0.05, 0.1) is 4.90 Å². The van der Waals surface area contributed by atoms with Crippen molar-refractivity contribution < 1.29 is 8.42 Å². The highest BCUT2D eigenvalue weighted by Gasteiger charge is 2.16. The first-order valence-corrected chi connectivity index (χ1v) is 7.24. The van der Waals surface area contributed by atoms with Crippen LogP contribution in [-0.2, 0) is 10.0 Å². The first kappa shape index (κ1) is 13.6. The van der Waals surface area contributed by atoms with E-state index in [1.165, 1.54) is 18.4 Å². The third kappa shape index (κ3) is 2.77. The van der Waals surface area contributed by atoms with Gasteiger partial charge in [-0.3, -0.25) is 0 Å². The van der Waals surface area contributed by atoms with E-state index in [2.05, 4.69) is 0 Å². The van der Waals surface area contributed by atoms with E-state index in [1.807, 2.05) is 24.3 Å². The minimum Gasteiger partial charge on any atom is -0.399 e. The summed E-state index contributed by atoms with van der Waals surface area (Å²) in [6.07, 6.45) is 0. The average molecular weight is 276 g/mol. The molecule has 0 saturated heterocycles. The minimum absolute atomic E-state index is 0.289. The molecule has 0 aliphatic heterocycles. The summed E-state index contributed by atoms with van der Waals surface area (Å²) in [6.45, 7) is 0. The van der Waals surface area contributed by atoms with Gasteiger partial charge >= 0.3 is 0 Å². The maximum atomic E-state index is 11.9. The standard InChI is InChI=1S/C14H16N2O2S/c1-16(2)19(17,18)14-9-5-12(6-10-14)11-3-7-13(15)8-4-11/h3-10H,15H2,1-2H3. The van der Waals surface area contributed by atoms with E-state index in [9.17, 15) is 8.42 Å². The van der Waals surface area contributed by atoms with Crippen molar-refractivity contribution in [3.05, 3.63) is 48.5 Å². The van der Waals surface area contributed by atoms with Crippen LogP contribution in [0.2, 0.25) is 0 Å². The molecule has 4 nitrogen and oxygen atoms in total. The molecule has 0 amide bonds. The lowest BCUT2D eigenvalue weighted by molar-refractivity contribution is 0.521. The third-order valence-corrected chi connectivity index (χ3v) is 4.71. The van der Waals surface area contributed by atoms with E-state index in [1.54, 1.807) is 24.3 Å². The average Bonchev–Trinajstić information content (AvgIpc) is 2.39. The van der Waals surface area contributed by atoms with Crippen molar-refractivity contribution >= 4 is 15.7 Å². The maximum Gasteiger partial charge on any atom is 0.242 e. The van der Waals surface area contributed by atoms with Crippen molar-refractivity contribution in [2.24, 2.45) is 0 Å². The van der Waals surface area contributed by atoms with Crippen LogP contribution in [0.1, 0.15) is 0 Å². The largest absolute Gasteiger partial charge is 0.399 e. The zero-order chi connectivity index (χ0) is 14.0. The monoisotopic (exact) mass is 276 g/mol. The fourth-order valence-corrected chi connectivity index (χ4v) is 2.61. The maximum absolute atomic E-state index is 11.9. The number of hydrogen-bond acceptors (Lipinski definition) is 3. The number of anilines is 1. The van der Waals surface area contributed by atoms with Crippen molar-refractivity contribution in [2.45, 2.75) is 4.90 Å². The summed E-state index contributed by atoms with van der Waals surface area (Å²) in [4.78, 5) is 0.289.